The maximum Gasteiger partial charge on any atom is 0.225 e. The fraction of sp³-hybridized carbons (Fsp3) is 0.682. The molecule has 1 saturated carbocycles. The average molecular weight is 359 g/mol. The van der Waals surface area contributed by atoms with Gasteiger partial charge in [-0.2, -0.15) is 0 Å². The highest BCUT2D eigenvalue weighted by Gasteiger charge is 2.26. The summed E-state index contributed by atoms with van der Waals surface area (Å²) in [5.74, 6) is 1.75. The van der Waals surface area contributed by atoms with Gasteiger partial charge in [0.25, 0.3) is 0 Å². The number of ether oxygens (including phenoxy) is 1. The van der Waals surface area contributed by atoms with Crippen molar-refractivity contribution in [2.75, 3.05) is 40.4 Å². The molecular formula is C22H34N2O2. The molecule has 2 aliphatic rings. The summed E-state index contributed by atoms with van der Waals surface area (Å²) in [4.78, 5) is 16.9. The van der Waals surface area contributed by atoms with Gasteiger partial charge < -0.3 is 14.5 Å². The molecule has 1 saturated heterocycles. The third-order valence-corrected chi connectivity index (χ3v) is 5.81. The summed E-state index contributed by atoms with van der Waals surface area (Å²) >= 11 is 0. The van der Waals surface area contributed by atoms with Crippen LogP contribution in [0.2, 0.25) is 0 Å². The van der Waals surface area contributed by atoms with Crippen molar-refractivity contribution < 1.29 is 9.53 Å². The SMILES string of the molecule is COCCC(=O)N(Cc1ccc(CC2CCN(C)CC2)cc1)CC1CC1. The first-order valence-electron chi connectivity index (χ1n) is 10.2. The topological polar surface area (TPSA) is 32.8 Å². The Morgan fingerprint density at radius 3 is 2.35 bits per heavy atom. The number of rotatable bonds is 9. The standard InChI is InChI=1S/C22H34N2O2/c1-23-12-9-19(10-13-23)15-18-3-5-20(6-4-18)16-24(17-21-7-8-21)22(25)11-14-26-2/h3-6,19,21H,7-17H2,1-2H3. The van der Waals surface area contributed by atoms with Gasteiger partial charge in [-0.1, -0.05) is 24.3 Å². The lowest BCUT2D eigenvalue weighted by Gasteiger charge is -2.29. The van der Waals surface area contributed by atoms with Crippen molar-refractivity contribution in [3.8, 4) is 0 Å². The molecule has 0 atom stereocenters. The predicted molar refractivity (Wildman–Crippen MR) is 105 cm³/mol. The zero-order valence-corrected chi connectivity index (χ0v) is 16.5. The molecule has 4 heteroatoms. The van der Waals surface area contributed by atoms with E-state index < -0.39 is 0 Å². The molecule has 0 radical (unpaired) electrons. The van der Waals surface area contributed by atoms with Crippen molar-refractivity contribution in [1.82, 2.24) is 9.80 Å². The van der Waals surface area contributed by atoms with Gasteiger partial charge >= 0.3 is 0 Å². The summed E-state index contributed by atoms with van der Waals surface area (Å²) in [5.41, 5.74) is 2.67. The second-order valence-corrected chi connectivity index (χ2v) is 8.23. The van der Waals surface area contributed by atoms with Crippen molar-refractivity contribution in [2.45, 2.75) is 45.1 Å². The van der Waals surface area contributed by atoms with E-state index in [1.54, 1.807) is 7.11 Å². The molecule has 0 unspecified atom stereocenters. The number of carbonyl (C=O) groups excluding carboxylic acids is 1. The van der Waals surface area contributed by atoms with Gasteiger partial charge in [0.2, 0.25) is 5.91 Å². The Bertz CT molecular complexity index is 560. The predicted octanol–water partition coefficient (Wildman–Crippen LogP) is 3.35. The van der Waals surface area contributed by atoms with Crippen molar-refractivity contribution in [3.05, 3.63) is 35.4 Å². The molecule has 1 aliphatic carbocycles. The second kappa shape index (κ2) is 9.52. The molecule has 2 fully saturated rings. The van der Waals surface area contributed by atoms with Crippen LogP contribution in [0.1, 0.15) is 43.2 Å². The van der Waals surface area contributed by atoms with Crippen LogP contribution in [0.3, 0.4) is 0 Å². The molecule has 0 aromatic heterocycles. The normalized spacial score (nSPS) is 18.8. The highest BCUT2D eigenvalue weighted by Crippen LogP contribution is 2.30. The minimum atomic E-state index is 0.217. The number of benzene rings is 1. The fourth-order valence-electron chi connectivity index (χ4n) is 3.81. The molecule has 0 bridgehead atoms. The van der Waals surface area contributed by atoms with E-state index in [0.717, 1.165) is 19.0 Å². The highest BCUT2D eigenvalue weighted by molar-refractivity contribution is 5.76. The number of likely N-dealkylation sites (tertiary alicyclic amines) is 1. The summed E-state index contributed by atoms with van der Waals surface area (Å²) < 4.78 is 5.08. The van der Waals surface area contributed by atoms with E-state index in [1.807, 2.05) is 4.90 Å². The van der Waals surface area contributed by atoms with Crippen LogP contribution >= 0.6 is 0 Å². The second-order valence-electron chi connectivity index (χ2n) is 8.23. The van der Waals surface area contributed by atoms with Crippen molar-refractivity contribution in [2.24, 2.45) is 11.8 Å². The lowest BCUT2D eigenvalue weighted by atomic mass is 9.90. The highest BCUT2D eigenvalue weighted by atomic mass is 16.5. The Labute approximate surface area is 158 Å². The molecule has 26 heavy (non-hydrogen) atoms. The molecule has 3 rings (SSSR count). The maximum absolute atomic E-state index is 12.5. The monoisotopic (exact) mass is 358 g/mol. The van der Waals surface area contributed by atoms with Crippen LogP contribution in [0.25, 0.3) is 0 Å². The summed E-state index contributed by atoms with van der Waals surface area (Å²) in [5, 5.41) is 0. The van der Waals surface area contributed by atoms with E-state index in [0.29, 0.717) is 18.9 Å². The van der Waals surface area contributed by atoms with E-state index in [-0.39, 0.29) is 5.91 Å². The average Bonchev–Trinajstić information content (AvgIpc) is 3.47. The van der Waals surface area contributed by atoms with Gasteiger partial charge in [0.05, 0.1) is 13.0 Å². The van der Waals surface area contributed by atoms with Crippen LogP contribution in [0.15, 0.2) is 24.3 Å². The summed E-state index contributed by atoms with van der Waals surface area (Å²) in [6.45, 7) is 4.59. The lowest BCUT2D eigenvalue weighted by molar-refractivity contribution is -0.133. The largest absolute Gasteiger partial charge is 0.384 e. The van der Waals surface area contributed by atoms with Gasteiger partial charge in [-0.05, 0) is 75.2 Å². The van der Waals surface area contributed by atoms with Crippen LogP contribution in [-0.2, 0) is 22.5 Å². The lowest BCUT2D eigenvalue weighted by Crippen LogP contribution is -2.33. The number of amides is 1. The first kappa shape index (κ1) is 19.4. The molecule has 1 aliphatic heterocycles. The van der Waals surface area contributed by atoms with Gasteiger partial charge in [-0.3, -0.25) is 4.79 Å². The zero-order chi connectivity index (χ0) is 18.4. The number of hydrogen-bond donors (Lipinski definition) is 0. The van der Waals surface area contributed by atoms with E-state index in [1.165, 1.54) is 56.3 Å². The number of nitrogens with zero attached hydrogens (tertiary/aromatic N) is 2. The van der Waals surface area contributed by atoms with Crippen LogP contribution in [0.4, 0.5) is 0 Å². The van der Waals surface area contributed by atoms with Crippen LogP contribution in [-0.4, -0.2) is 56.1 Å². The number of methoxy groups -OCH3 is 1. The van der Waals surface area contributed by atoms with E-state index >= 15 is 0 Å². The van der Waals surface area contributed by atoms with Crippen molar-refractivity contribution in [1.29, 1.82) is 0 Å². The fourth-order valence-corrected chi connectivity index (χ4v) is 3.81. The van der Waals surface area contributed by atoms with Crippen molar-refractivity contribution >= 4 is 5.91 Å². The van der Waals surface area contributed by atoms with Gasteiger partial charge in [0.15, 0.2) is 0 Å². The van der Waals surface area contributed by atoms with Gasteiger partial charge in [-0.15, -0.1) is 0 Å². The Morgan fingerprint density at radius 1 is 1.08 bits per heavy atom. The van der Waals surface area contributed by atoms with Gasteiger partial charge in [0, 0.05) is 20.2 Å². The van der Waals surface area contributed by atoms with Crippen LogP contribution in [0.5, 0.6) is 0 Å². The molecule has 1 heterocycles. The molecule has 1 amide bonds. The Kier molecular flexibility index (Phi) is 7.09. The number of carbonyl (C=O) groups is 1. The summed E-state index contributed by atoms with van der Waals surface area (Å²) in [6, 6.07) is 8.97. The summed E-state index contributed by atoms with van der Waals surface area (Å²) in [6.07, 6.45) is 6.82. The minimum Gasteiger partial charge on any atom is -0.384 e. The van der Waals surface area contributed by atoms with Crippen LogP contribution in [0, 0.1) is 11.8 Å². The van der Waals surface area contributed by atoms with E-state index in [4.69, 9.17) is 4.74 Å². The quantitative estimate of drug-likeness (QED) is 0.679. The zero-order valence-electron chi connectivity index (χ0n) is 16.5. The third-order valence-electron chi connectivity index (χ3n) is 5.81. The Morgan fingerprint density at radius 2 is 1.73 bits per heavy atom. The first-order chi connectivity index (χ1) is 12.6. The Balaban J connectivity index is 1.53. The van der Waals surface area contributed by atoms with Crippen molar-refractivity contribution in [3.63, 3.8) is 0 Å². The first-order valence-corrected chi connectivity index (χ1v) is 10.2. The molecule has 1 aromatic carbocycles. The van der Waals surface area contributed by atoms with E-state index in [2.05, 4.69) is 36.2 Å². The van der Waals surface area contributed by atoms with Gasteiger partial charge in [-0.25, -0.2) is 0 Å². The number of hydrogen-bond acceptors (Lipinski definition) is 3. The third kappa shape index (κ3) is 6.10. The maximum atomic E-state index is 12.5. The van der Waals surface area contributed by atoms with E-state index in [9.17, 15) is 4.79 Å². The molecule has 0 spiro atoms. The smallest absolute Gasteiger partial charge is 0.225 e. The van der Waals surface area contributed by atoms with Gasteiger partial charge in [0.1, 0.15) is 0 Å². The Hall–Kier alpha value is -1.39. The van der Waals surface area contributed by atoms with Crippen LogP contribution < -0.4 is 0 Å². The molecule has 4 nitrogen and oxygen atoms in total. The molecule has 144 valence electrons. The minimum absolute atomic E-state index is 0.217. The molecule has 1 aromatic rings. The molecule has 0 N–H and O–H groups in total. The number of piperidine rings is 1. The molecular weight excluding hydrogens is 324 g/mol. The summed E-state index contributed by atoms with van der Waals surface area (Å²) in [7, 11) is 3.87.